The lowest BCUT2D eigenvalue weighted by Gasteiger charge is -2.28. The standard InChI is InChI=1S/C15H19ClN2S/c1-10(11-5-3-2-4-6-11)17-15-18-13-8-7-12(16)9-14(13)19-15/h7-11H,2-6H2,1H3,(H,17,18). The maximum atomic E-state index is 6.01. The Kier molecular flexibility index (Phi) is 3.94. The van der Waals surface area contributed by atoms with Crippen LogP contribution in [0, 0.1) is 5.92 Å². The SMILES string of the molecule is CC(Nc1nc2ccc(Cl)cc2s1)C1CCCCC1. The topological polar surface area (TPSA) is 24.9 Å². The number of rotatable bonds is 3. The molecule has 2 nitrogen and oxygen atoms in total. The number of thiazole rings is 1. The summed E-state index contributed by atoms with van der Waals surface area (Å²) in [7, 11) is 0. The molecular weight excluding hydrogens is 276 g/mol. The van der Waals surface area contributed by atoms with Crippen molar-refractivity contribution in [2.24, 2.45) is 5.92 Å². The van der Waals surface area contributed by atoms with Crippen molar-refractivity contribution in [3.8, 4) is 0 Å². The Balaban J connectivity index is 1.73. The van der Waals surface area contributed by atoms with Crippen molar-refractivity contribution in [3.05, 3.63) is 23.2 Å². The molecule has 0 radical (unpaired) electrons. The molecule has 1 aliphatic carbocycles. The summed E-state index contributed by atoms with van der Waals surface area (Å²) in [5, 5.41) is 5.39. The van der Waals surface area contributed by atoms with Crippen molar-refractivity contribution >= 4 is 38.3 Å². The first-order valence-electron chi connectivity index (χ1n) is 7.05. The molecule has 1 heterocycles. The Hall–Kier alpha value is -0.800. The van der Waals surface area contributed by atoms with Crippen LogP contribution in [-0.4, -0.2) is 11.0 Å². The van der Waals surface area contributed by atoms with Crippen molar-refractivity contribution in [3.63, 3.8) is 0 Å². The van der Waals surface area contributed by atoms with Crippen LogP contribution in [-0.2, 0) is 0 Å². The van der Waals surface area contributed by atoms with Gasteiger partial charge in [0.2, 0.25) is 0 Å². The Labute approximate surface area is 123 Å². The number of aromatic nitrogens is 1. The molecule has 0 bridgehead atoms. The number of nitrogens with zero attached hydrogens (tertiary/aromatic N) is 1. The third kappa shape index (κ3) is 3.03. The van der Waals surface area contributed by atoms with Gasteiger partial charge in [-0.05, 0) is 43.9 Å². The molecule has 0 aliphatic heterocycles. The molecule has 1 atom stereocenters. The molecule has 1 aromatic carbocycles. The second-order valence-electron chi connectivity index (χ2n) is 5.46. The number of halogens is 1. The predicted molar refractivity (Wildman–Crippen MR) is 84.3 cm³/mol. The second kappa shape index (κ2) is 5.68. The summed E-state index contributed by atoms with van der Waals surface area (Å²) in [4.78, 5) is 4.64. The average Bonchev–Trinajstić information content (AvgIpc) is 2.81. The highest BCUT2D eigenvalue weighted by molar-refractivity contribution is 7.22. The van der Waals surface area contributed by atoms with Gasteiger partial charge in [0.25, 0.3) is 0 Å². The minimum atomic E-state index is 0.510. The van der Waals surface area contributed by atoms with Gasteiger partial charge in [-0.3, -0.25) is 0 Å². The molecule has 102 valence electrons. The first kappa shape index (κ1) is 13.2. The maximum absolute atomic E-state index is 6.01. The molecule has 0 amide bonds. The molecule has 1 aliphatic rings. The van der Waals surface area contributed by atoms with E-state index in [2.05, 4.69) is 17.2 Å². The number of hydrogen-bond acceptors (Lipinski definition) is 3. The Morgan fingerprint density at radius 3 is 2.89 bits per heavy atom. The lowest BCUT2D eigenvalue weighted by atomic mass is 9.85. The van der Waals surface area contributed by atoms with Crippen molar-refractivity contribution in [2.45, 2.75) is 45.1 Å². The lowest BCUT2D eigenvalue weighted by Crippen LogP contribution is -2.27. The van der Waals surface area contributed by atoms with Crippen LogP contribution >= 0.6 is 22.9 Å². The molecule has 1 aromatic heterocycles. The highest BCUT2D eigenvalue weighted by atomic mass is 35.5. The van der Waals surface area contributed by atoms with Crippen LogP contribution in [0.4, 0.5) is 5.13 Å². The van der Waals surface area contributed by atoms with E-state index in [1.807, 2.05) is 18.2 Å². The van der Waals surface area contributed by atoms with Gasteiger partial charge in [0, 0.05) is 11.1 Å². The molecule has 4 heteroatoms. The first-order valence-corrected chi connectivity index (χ1v) is 8.24. The van der Waals surface area contributed by atoms with Crippen molar-refractivity contribution in [2.75, 3.05) is 5.32 Å². The summed E-state index contributed by atoms with van der Waals surface area (Å²) >= 11 is 7.71. The minimum Gasteiger partial charge on any atom is -0.359 e. The van der Waals surface area contributed by atoms with Crippen LogP contribution < -0.4 is 5.32 Å². The molecule has 0 saturated heterocycles. The van der Waals surface area contributed by atoms with Crippen molar-refractivity contribution in [1.29, 1.82) is 0 Å². The zero-order valence-electron chi connectivity index (χ0n) is 11.2. The zero-order valence-corrected chi connectivity index (χ0v) is 12.7. The van der Waals surface area contributed by atoms with E-state index in [-0.39, 0.29) is 0 Å². The van der Waals surface area contributed by atoms with Crippen LogP contribution in [0.15, 0.2) is 18.2 Å². The van der Waals surface area contributed by atoms with Gasteiger partial charge < -0.3 is 5.32 Å². The number of fused-ring (bicyclic) bond motifs is 1. The molecule has 3 rings (SSSR count). The van der Waals surface area contributed by atoms with E-state index in [9.17, 15) is 0 Å². The van der Waals surface area contributed by atoms with E-state index in [0.29, 0.717) is 6.04 Å². The Bertz CT molecular complexity index is 560. The van der Waals surface area contributed by atoms with Gasteiger partial charge in [0.1, 0.15) is 0 Å². The average molecular weight is 295 g/mol. The molecule has 0 spiro atoms. The minimum absolute atomic E-state index is 0.510. The summed E-state index contributed by atoms with van der Waals surface area (Å²) < 4.78 is 1.16. The van der Waals surface area contributed by atoms with Gasteiger partial charge in [-0.1, -0.05) is 42.2 Å². The van der Waals surface area contributed by atoms with Gasteiger partial charge in [-0.15, -0.1) is 0 Å². The van der Waals surface area contributed by atoms with Gasteiger partial charge in [-0.2, -0.15) is 0 Å². The lowest BCUT2D eigenvalue weighted by molar-refractivity contribution is 0.328. The number of anilines is 1. The van der Waals surface area contributed by atoms with E-state index in [0.717, 1.165) is 26.3 Å². The van der Waals surface area contributed by atoms with E-state index in [1.54, 1.807) is 11.3 Å². The van der Waals surface area contributed by atoms with Crippen LogP contribution in [0.3, 0.4) is 0 Å². The van der Waals surface area contributed by atoms with Crippen molar-refractivity contribution in [1.82, 2.24) is 4.98 Å². The molecular formula is C15H19ClN2S. The van der Waals surface area contributed by atoms with Crippen LogP contribution in [0.2, 0.25) is 5.02 Å². The van der Waals surface area contributed by atoms with E-state index < -0.39 is 0 Å². The van der Waals surface area contributed by atoms with Crippen LogP contribution in [0.1, 0.15) is 39.0 Å². The molecule has 2 aromatic rings. The fourth-order valence-corrected chi connectivity index (χ4v) is 4.15. The quantitative estimate of drug-likeness (QED) is 0.827. The largest absolute Gasteiger partial charge is 0.359 e. The van der Waals surface area contributed by atoms with Crippen molar-refractivity contribution < 1.29 is 0 Å². The maximum Gasteiger partial charge on any atom is 0.184 e. The van der Waals surface area contributed by atoms with Gasteiger partial charge in [-0.25, -0.2) is 4.98 Å². The smallest absolute Gasteiger partial charge is 0.184 e. The molecule has 1 saturated carbocycles. The van der Waals surface area contributed by atoms with Gasteiger partial charge in [0.15, 0.2) is 5.13 Å². The Morgan fingerprint density at radius 2 is 2.11 bits per heavy atom. The van der Waals surface area contributed by atoms with Crippen LogP contribution in [0.5, 0.6) is 0 Å². The fraction of sp³-hybridized carbons (Fsp3) is 0.533. The predicted octanol–water partition coefficient (Wildman–Crippen LogP) is 5.33. The number of hydrogen-bond donors (Lipinski definition) is 1. The zero-order chi connectivity index (χ0) is 13.2. The van der Waals surface area contributed by atoms with E-state index >= 15 is 0 Å². The van der Waals surface area contributed by atoms with E-state index in [1.165, 1.54) is 32.1 Å². The highest BCUT2D eigenvalue weighted by Gasteiger charge is 2.20. The van der Waals surface area contributed by atoms with Gasteiger partial charge >= 0.3 is 0 Å². The summed E-state index contributed by atoms with van der Waals surface area (Å²) in [5.41, 5.74) is 1.03. The molecule has 1 fully saturated rings. The second-order valence-corrected chi connectivity index (χ2v) is 6.93. The third-order valence-corrected chi connectivity index (χ3v) is 5.24. The first-order chi connectivity index (χ1) is 9.22. The molecule has 1 N–H and O–H groups in total. The third-order valence-electron chi connectivity index (χ3n) is 4.06. The monoisotopic (exact) mass is 294 g/mol. The van der Waals surface area contributed by atoms with Gasteiger partial charge in [0.05, 0.1) is 10.2 Å². The number of benzene rings is 1. The highest BCUT2D eigenvalue weighted by Crippen LogP contribution is 2.32. The summed E-state index contributed by atoms with van der Waals surface area (Å²) in [6.45, 7) is 2.29. The summed E-state index contributed by atoms with van der Waals surface area (Å²) in [6.07, 6.45) is 6.87. The fourth-order valence-electron chi connectivity index (χ4n) is 2.91. The number of nitrogens with one attached hydrogen (secondary N) is 1. The summed E-state index contributed by atoms with van der Waals surface area (Å²) in [5.74, 6) is 0.796. The molecule has 1 unspecified atom stereocenters. The Morgan fingerprint density at radius 1 is 1.32 bits per heavy atom. The van der Waals surface area contributed by atoms with Crippen LogP contribution in [0.25, 0.3) is 10.2 Å². The normalized spacial score (nSPS) is 18.6. The van der Waals surface area contributed by atoms with E-state index in [4.69, 9.17) is 11.6 Å². The molecule has 19 heavy (non-hydrogen) atoms. The summed E-state index contributed by atoms with van der Waals surface area (Å²) in [6, 6.07) is 6.39.